The van der Waals surface area contributed by atoms with E-state index >= 15 is 0 Å². The van der Waals surface area contributed by atoms with E-state index < -0.39 is 0 Å². The molecule has 1 saturated heterocycles. The zero-order valence-corrected chi connectivity index (χ0v) is 14.7. The summed E-state index contributed by atoms with van der Waals surface area (Å²) >= 11 is 0. The van der Waals surface area contributed by atoms with E-state index in [4.69, 9.17) is 9.05 Å². The maximum absolute atomic E-state index is 12.4. The number of hydrogen-bond acceptors (Lipinski definition) is 7. The van der Waals surface area contributed by atoms with Gasteiger partial charge < -0.3 is 13.9 Å². The van der Waals surface area contributed by atoms with E-state index in [2.05, 4.69) is 20.3 Å². The van der Waals surface area contributed by atoms with Crippen LogP contribution in [0.25, 0.3) is 11.3 Å². The molecule has 1 aliphatic heterocycles. The van der Waals surface area contributed by atoms with E-state index in [0.717, 1.165) is 41.2 Å². The zero-order chi connectivity index (χ0) is 18.1. The number of carbonyl (C=O) groups excluding carboxylic acids is 1. The van der Waals surface area contributed by atoms with Crippen LogP contribution in [0, 0.1) is 19.8 Å². The van der Waals surface area contributed by atoms with E-state index in [9.17, 15) is 4.79 Å². The predicted molar refractivity (Wildman–Crippen MR) is 91.2 cm³/mol. The highest BCUT2D eigenvalue weighted by Crippen LogP contribution is 2.30. The Labute approximate surface area is 150 Å². The second-order valence-electron chi connectivity index (χ2n) is 6.54. The van der Waals surface area contributed by atoms with Crippen molar-refractivity contribution in [3.8, 4) is 11.3 Å². The molecule has 0 radical (unpaired) electrons. The monoisotopic (exact) mass is 353 g/mol. The number of rotatable bonds is 4. The Morgan fingerprint density at radius 2 is 2.08 bits per heavy atom. The number of aromatic nitrogens is 4. The van der Waals surface area contributed by atoms with Crippen LogP contribution in [0.5, 0.6) is 0 Å². The number of amides is 1. The largest absolute Gasteiger partial charge is 0.361 e. The number of likely N-dealkylation sites (tertiary alicyclic amines) is 1. The predicted octanol–water partition coefficient (Wildman–Crippen LogP) is 2.44. The summed E-state index contributed by atoms with van der Waals surface area (Å²) in [4.78, 5) is 23.2. The average Bonchev–Trinajstić information content (AvgIpc) is 3.38. The van der Waals surface area contributed by atoms with Gasteiger partial charge >= 0.3 is 0 Å². The lowest BCUT2D eigenvalue weighted by atomic mass is 9.98. The molecular formula is C18H19N5O3. The average molecular weight is 353 g/mol. The second kappa shape index (κ2) is 6.70. The molecule has 0 N–H and O–H groups in total. The Morgan fingerprint density at radius 3 is 2.81 bits per heavy atom. The highest BCUT2D eigenvalue weighted by Gasteiger charge is 2.30. The standard InChI is InChI=1S/C18H19N5O3/c1-11-16(12(2)25-22-11)17-14(19-6-7-20-17)9-13-4-8-23(10-13)18(24)15-3-5-21-26-15/h3,5-7,13H,4,8-10H2,1-2H3. The van der Waals surface area contributed by atoms with Crippen molar-refractivity contribution < 1.29 is 13.8 Å². The first-order valence-electron chi connectivity index (χ1n) is 8.56. The SMILES string of the molecule is Cc1noc(C)c1-c1nccnc1CC1CCN(C(=O)c2ccno2)C1. The highest BCUT2D eigenvalue weighted by molar-refractivity contribution is 5.91. The van der Waals surface area contributed by atoms with Crippen molar-refractivity contribution >= 4 is 5.91 Å². The Bertz CT molecular complexity index is 899. The molecule has 0 aliphatic carbocycles. The summed E-state index contributed by atoms with van der Waals surface area (Å²) in [6.07, 6.45) is 6.52. The third-order valence-corrected chi connectivity index (χ3v) is 4.75. The first kappa shape index (κ1) is 16.4. The zero-order valence-electron chi connectivity index (χ0n) is 14.7. The van der Waals surface area contributed by atoms with E-state index in [1.807, 2.05) is 13.8 Å². The summed E-state index contributed by atoms with van der Waals surface area (Å²) in [5.41, 5.74) is 3.42. The van der Waals surface area contributed by atoms with Crippen molar-refractivity contribution in [1.29, 1.82) is 0 Å². The van der Waals surface area contributed by atoms with Crippen LogP contribution in [-0.4, -0.2) is 44.2 Å². The molecule has 1 amide bonds. The molecule has 8 nitrogen and oxygen atoms in total. The maximum Gasteiger partial charge on any atom is 0.292 e. The van der Waals surface area contributed by atoms with Crippen molar-refractivity contribution in [2.45, 2.75) is 26.7 Å². The fourth-order valence-corrected chi connectivity index (χ4v) is 3.49. The molecule has 1 fully saturated rings. The van der Waals surface area contributed by atoms with Gasteiger partial charge in [-0.05, 0) is 32.6 Å². The van der Waals surface area contributed by atoms with E-state index in [1.54, 1.807) is 23.4 Å². The number of aryl methyl sites for hydroxylation is 2. The van der Waals surface area contributed by atoms with Crippen LogP contribution in [-0.2, 0) is 6.42 Å². The molecular weight excluding hydrogens is 334 g/mol. The molecule has 1 atom stereocenters. The fourth-order valence-electron chi connectivity index (χ4n) is 3.49. The van der Waals surface area contributed by atoms with Crippen LogP contribution in [0.2, 0.25) is 0 Å². The summed E-state index contributed by atoms with van der Waals surface area (Å²) in [6.45, 7) is 5.14. The number of hydrogen-bond donors (Lipinski definition) is 0. The van der Waals surface area contributed by atoms with Gasteiger partial charge in [-0.2, -0.15) is 0 Å². The summed E-state index contributed by atoms with van der Waals surface area (Å²) < 4.78 is 10.3. The molecule has 3 aromatic heterocycles. The van der Waals surface area contributed by atoms with Crippen LogP contribution >= 0.6 is 0 Å². The highest BCUT2D eigenvalue weighted by atomic mass is 16.5. The molecule has 1 aliphatic rings. The van der Waals surface area contributed by atoms with E-state index in [0.29, 0.717) is 19.0 Å². The Kier molecular flexibility index (Phi) is 4.24. The lowest BCUT2D eigenvalue weighted by molar-refractivity contribution is 0.0745. The topological polar surface area (TPSA) is 98.2 Å². The molecule has 3 aromatic rings. The number of nitrogens with zero attached hydrogens (tertiary/aromatic N) is 5. The smallest absolute Gasteiger partial charge is 0.292 e. The van der Waals surface area contributed by atoms with Gasteiger partial charge in [-0.25, -0.2) is 0 Å². The lowest BCUT2D eigenvalue weighted by Crippen LogP contribution is -2.28. The van der Waals surface area contributed by atoms with Gasteiger partial charge in [0.1, 0.15) is 5.76 Å². The molecule has 0 spiro atoms. The third kappa shape index (κ3) is 2.98. The Morgan fingerprint density at radius 1 is 1.23 bits per heavy atom. The maximum atomic E-state index is 12.4. The van der Waals surface area contributed by atoms with E-state index in [-0.39, 0.29) is 11.7 Å². The van der Waals surface area contributed by atoms with Gasteiger partial charge in [0, 0.05) is 31.5 Å². The van der Waals surface area contributed by atoms with Gasteiger partial charge in [-0.15, -0.1) is 0 Å². The van der Waals surface area contributed by atoms with Crippen molar-refractivity contribution in [1.82, 2.24) is 25.2 Å². The minimum Gasteiger partial charge on any atom is -0.361 e. The van der Waals surface area contributed by atoms with Gasteiger partial charge in [0.15, 0.2) is 0 Å². The van der Waals surface area contributed by atoms with Gasteiger partial charge in [0.25, 0.3) is 5.91 Å². The van der Waals surface area contributed by atoms with E-state index in [1.165, 1.54) is 6.20 Å². The minimum atomic E-state index is -0.116. The Balaban J connectivity index is 1.52. The lowest BCUT2D eigenvalue weighted by Gasteiger charge is -2.15. The summed E-state index contributed by atoms with van der Waals surface area (Å²) in [5.74, 6) is 1.22. The van der Waals surface area contributed by atoms with Crippen molar-refractivity contribution in [3.05, 3.63) is 47.6 Å². The summed E-state index contributed by atoms with van der Waals surface area (Å²) in [7, 11) is 0. The van der Waals surface area contributed by atoms with Gasteiger partial charge in [0.2, 0.25) is 5.76 Å². The fraction of sp³-hybridized carbons (Fsp3) is 0.389. The Hall–Kier alpha value is -3.03. The molecule has 8 heteroatoms. The molecule has 26 heavy (non-hydrogen) atoms. The minimum absolute atomic E-state index is 0.116. The van der Waals surface area contributed by atoms with Crippen LogP contribution < -0.4 is 0 Å². The normalized spacial score (nSPS) is 17.0. The van der Waals surface area contributed by atoms with Crippen molar-refractivity contribution in [2.24, 2.45) is 5.92 Å². The van der Waals surface area contributed by atoms with Crippen LogP contribution in [0.3, 0.4) is 0 Å². The third-order valence-electron chi connectivity index (χ3n) is 4.75. The molecule has 4 heterocycles. The first-order valence-corrected chi connectivity index (χ1v) is 8.56. The van der Waals surface area contributed by atoms with Crippen LogP contribution in [0.15, 0.2) is 33.7 Å². The van der Waals surface area contributed by atoms with Crippen LogP contribution in [0.4, 0.5) is 0 Å². The number of carbonyl (C=O) groups is 1. The molecule has 0 saturated carbocycles. The van der Waals surface area contributed by atoms with Crippen molar-refractivity contribution in [3.63, 3.8) is 0 Å². The van der Waals surface area contributed by atoms with Crippen molar-refractivity contribution in [2.75, 3.05) is 13.1 Å². The van der Waals surface area contributed by atoms with Gasteiger partial charge in [-0.3, -0.25) is 14.8 Å². The quantitative estimate of drug-likeness (QED) is 0.710. The van der Waals surface area contributed by atoms with Gasteiger partial charge in [-0.1, -0.05) is 10.3 Å². The molecule has 4 rings (SSSR count). The van der Waals surface area contributed by atoms with Crippen LogP contribution in [0.1, 0.15) is 34.1 Å². The van der Waals surface area contributed by atoms with Gasteiger partial charge in [0.05, 0.1) is 28.8 Å². The summed E-state index contributed by atoms with van der Waals surface area (Å²) in [6, 6.07) is 1.59. The molecule has 0 bridgehead atoms. The molecule has 134 valence electrons. The first-order chi connectivity index (χ1) is 12.6. The summed E-state index contributed by atoms with van der Waals surface area (Å²) in [5, 5.41) is 7.62. The molecule has 0 aromatic carbocycles. The second-order valence-corrected chi connectivity index (χ2v) is 6.54. The molecule has 1 unspecified atom stereocenters.